The summed E-state index contributed by atoms with van der Waals surface area (Å²) >= 11 is 6.12. The number of fused-ring (bicyclic) bond motifs is 1. The third-order valence-electron chi connectivity index (χ3n) is 4.92. The number of allylic oxidation sites excluding steroid dienone is 1. The molecule has 1 aliphatic rings. The smallest absolute Gasteiger partial charge is 0.255 e. The molecule has 1 aromatic heterocycles. The van der Waals surface area contributed by atoms with E-state index in [0.29, 0.717) is 33.7 Å². The van der Waals surface area contributed by atoms with E-state index in [0.717, 1.165) is 11.1 Å². The molecule has 0 aliphatic carbocycles. The molecule has 2 heterocycles. The lowest BCUT2D eigenvalue weighted by molar-refractivity contribution is -0.113. The third-order valence-corrected chi connectivity index (χ3v) is 5.16. The number of methoxy groups -OCH3 is 1. The Morgan fingerprint density at radius 3 is 2.83 bits per heavy atom. The van der Waals surface area contributed by atoms with E-state index in [1.165, 1.54) is 6.33 Å². The molecule has 0 fully saturated rings. The van der Waals surface area contributed by atoms with Crippen LogP contribution in [0.3, 0.4) is 0 Å². The van der Waals surface area contributed by atoms with Crippen LogP contribution >= 0.6 is 11.6 Å². The number of hydrogen-bond donors (Lipinski definition) is 2. The zero-order valence-corrected chi connectivity index (χ0v) is 17.0. The van der Waals surface area contributed by atoms with Gasteiger partial charge in [-0.05, 0) is 37.6 Å². The lowest BCUT2D eigenvalue weighted by atomic mass is 9.94. The molecular weight excluding hydrogens is 390 g/mol. The predicted molar refractivity (Wildman–Crippen MR) is 112 cm³/mol. The maximum absolute atomic E-state index is 13.4. The highest BCUT2D eigenvalue weighted by Crippen LogP contribution is 2.39. The minimum atomic E-state index is -0.496. The molecular formula is C21H20ClN5O2. The van der Waals surface area contributed by atoms with Crippen molar-refractivity contribution in [3.8, 4) is 5.75 Å². The van der Waals surface area contributed by atoms with E-state index in [2.05, 4.69) is 20.7 Å². The maximum atomic E-state index is 13.4. The molecule has 7 nitrogen and oxygen atoms in total. The standard InChI is InChI=1S/C21H20ClN5O2/c1-12-8-9-14(22)10-16(12)26-20(28)18-13(2)25-21-23-11-24-27(21)19(18)15-6-4-5-7-17(15)29-3/h4-11,19H,1-3H3,(H,26,28)(H,23,24,25)/t19-/m1/s1. The van der Waals surface area contributed by atoms with Crippen molar-refractivity contribution in [2.24, 2.45) is 0 Å². The lowest BCUT2D eigenvalue weighted by Gasteiger charge is -2.29. The number of hydrogen-bond acceptors (Lipinski definition) is 5. The van der Waals surface area contributed by atoms with Gasteiger partial charge in [-0.1, -0.05) is 35.9 Å². The molecule has 0 saturated heterocycles. The van der Waals surface area contributed by atoms with Crippen LogP contribution in [0.5, 0.6) is 5.75 Å². The quantitative estimate of drug-likeness (QED) is 0.675. The number of nitrogens with one attached hydrogen (secondary N) is 2. The summed E-state index contributed by atoms with van der Waals surface area (Å²) in [5.41, 5.74) is 3.60. The molecule has 2 N–H and O–H groups in total. The SMILES string of the molecule is COc1ccccc1[C@@H]1C(C(=O)Nc2cc(Cl)ccc2C)=C(C)Nc2ncnn21. The van der Waals surface area contributed by atoms with Crippen LogP contribution in [0.25, 0.3) is 0 Å². The van der Waals surface area contributed by atoms with Gasteiger partial charge in [-0.15, -0.1) is 0 Å². The lowest BCUT2D eigenvalue weighted by Crippen LogP contribution is -2.31. The molecule has 4 rings (SSSR count). The van der Waals surface area contributed by atoms with Gasteiger partial charge in [-0.2, -0.15) is 10.1 Å². The van der Waals surface area contributed by atoms with Gasteiger partial charge in [-0.3, -0.25) is 4.79 Å². The van der Waals surface area contributed by atoms with Crippen LogP contribution in [-0.2, 0) is 4.79 Å². The van der Waals surface area contributed by atoms with Gasteiger partial charge in [0.1, 0.15) is 18.1 Å². The van der Waals surface area contributed by atoms with Gasteiger partial charge in [-0.25, -0.2) is 4.68 Å². The van der Waals surface area contributed by atoms with Gasteiger partial charge >= 0.3 is 0 Å². The highest BCUT2D eigenvalue weighted by atomic mass is 35.5. The van der Waals surface area contributed by atoms with Crippen molar-refractivity contribution < 1.29 is 9.53 Å². The van der Waals surface area contributed by atoms with E-state index in [1.54, 1.807) is 23.9 Å². The molecule has 29 heavy (non-hydrogen) atoms. The summed E-state index contributed by atoms with van der Waals surface area (Å²) in [6.45, 7) is 3.76. The third kappa shape index (κ3) is 3.45. The Labute approximate surface area is 173 Å². The number of anilines is 2. The molecule has 0 bridgehead atoms. The molecule has 3 aromatic rings. The largest absolute Gasteiger partial charge is 0.496 e. The van der Waals surface area contributed by atoms with E-state index in [-0.39, 0.29) is 5.91 Å². The first-order chi connectivity index (χ1) is 14.0. The number of carbonyl (C=O) groups excluding carboxylic acids is 1. The summed E-state index contributed by atoms with van der Waals surface area (Å²) in [5, 5.41) is 11.1. The van der Waals surface area contributed by atoms with Crippen molar-refractivity contribution in [1.82, 2.24) is 14.8 Å². The Morgan fingerprint density at radius 1 is 1.24 bits per heavy atom. The number of para-hydroxylation sites is 1. The minimum Gasteiger partial charge on any atom is -0.496 e. The molecule has 1 amide bonds. The van der Waals surface area contributed by atoms with Gasteiger partial charge < -0.3 is 15.4 Å². The monoisotopic (exact) mass is 409 g/mol. The Kier molecular flexibility index (Phi) is 4.98. The van der Waals surface area contributed by atoms with Crippen LogP contribution in [0.2, 0.25) is 5.02 Å². The number of carbonyl (C=O) groups is 1. The highest BCUT2D eigenvalue weighted by molar-refractivity contribution is 6.31. The van der Waals surface area contributed by atoms with Crippen LogP contribution in [-0.4, -0.2) is 27.8 Å². The predicted octanol–water partition coefficient (Wildman–Crippen LogP) is 4.18. The van der Waals surface area contributed by atoms with Crippen LogP contribution < -0.4 is 15.4 Å². The highest BCUT2D eigenvalue weighted by Gasteiger charge is 2.35. The molecule has 148 valence electrons. The summed E-state index contributed by atoms with van der Waals surface area (Å²) in [7, 11) is 1.60. The number of amides is 1. The fraction of sp³-hybridized carbons (Fsp3) is 0.190. The molecule has 0 unspecified atom stereocenters. The average Bonchev–Trinajstić information content (AvgIpc) is 3.17. The van der Waals surface area contributed by atoms with E-state index < -0.39 is 6.04 Å². The van der Waals surface area contributed by atoms with Gasteiger partial charge in [0.2, 0.25) is 5.95 Å². The van der Waals surface area contributed by atoms with Crippen LogP contribution in [0.4, 0.5) is 11.6 Å². The Hall–Kier alpha value is -3.32. The average molecular weight is 410 g/mol. The number of nitrogens with zero attached hydrogens (tertiary/aromatic N) is 3. The van der Waals surface area contributed by atoms with E-state index in [1.807, 2.05) is 44.2 Å². The molecule has 2 aromatic carbocycles. The molecule has 1 atom stereocenters. The van der Waals surface area contributed by atoms with Gasteiger partial charge in [0.05, 0.1) is 12.7 Å². The summed E-state index contributed by atoms with van der Waals surface area (Å²) < 4.78 is 7.24. The number of rotatable bonds is 4. The Morgan fingerprint density at radius 2 is 2.03 bits per heavy atom. The van der Waals surface area contributed by atoms with Crippen LogP contribution in [0.15, 0.2) is 60.1 Å². The molecule has 8 heteroatoms. The van der Waals surface area contributed by atoms with Gasteiger partial charge in [0, 0.05) is 22.0 Å². The topological polar surface area (TPSA) is 81.1 Å². The molecule has 0 spiro atoms. The number of aryl methyl sites for hydroxylation is 1. The first-order valence-corrected chi connectivity index (χ1v) is 9.45. The number of benzene rings is 2. The second-order valence-electron chi connectivity index (χ2n) is 6.75. The van der Waals surface area contributed by atoms with Crippen LogP contribution in [0.1, 0.15) is 24.1 Å². The summed E-state index contributed by atoms with van der Waals surface area (Å²) in [6.07, 6.45) is 1.46. The first kappa shape index (κ1) is 19.0. The van der Waals surface area contributed by atoms with Crippen LogP contribution in [0, 0.1) is 6.92 Å². The van der Waals surface area contributed by atoms with Crippen molar-refractivity contribution in [3.63, 3.8) is 0 Å². The zero-order chi connectivity index (χ0) is 20.5. The Bertz CT molecular complexity index is 1120. The summed E-state index contributed by atoms with van der Waals surface area (Å²) in [5.74, 6) is 0.976. The summed E-state index contributed by atoms with van der Waals surface area (Å²) in [4.78, 5) is 17.7. The Balaban J connectivity index is 1.81. The minimum absolute atomic E-state index is 0.252. The second kappa shape index (κ2) is 7.60. The molecule has 0 radical (unpaired) electrons. The van der Waals surface area contributed by atoms with Crippen molar-refractivity contribution in [2.45, 2.75) is 19.9 Å². The van der Waals surface area contributed by atoms with Crippen molar-refractivity contribution in [3.05, 3.63) is 76.2 Å². The number of halogens is 1. The maximum Gasteiger partial charge on any atom is 0.255 e. The van der Waals surface area contributed by atoms with E-state index >= 15 is 0 Å². The van der Waals surface area contributed by atoms with Crippen molar-refractivity contribution in [1.29, 1.82) is 0 Å². The normalized spacial score (nSPS) is 15.5. The fourth-order valence-corrected chi connectivity index (χ4v) is 3.66. The molecule has 0 saturated carbocycles. The van der Waals surface area contributed by atoms with Crippen molar-refractivity contribution in [2.75, 3.05) is 17.7 Å². The fourth-order valence-electron chi connectivity index (χ4n) is 3.48. The van der Waals surface area contributed by atoms with E-state index in [4.69, 9.17) is 16.3 Å². The second-order valence-corrected chi connectivity index (χ2v) is 7.19. The number of ether oxygens (including phenoxy) is 1. The van der Waals surface area contributed by atoms with Crippen molar-refractivity contribution >= 4 is 29.1 Å². The number of aromatic nitrogens is 3. The summed E-state index contributed by atoms with van der Waals surface area (Å²) in [6, 6.07) is 12.5. The van der Waals surface area contributed by atoms with Gasteiger partial charge in [0.15, 0.2) is 0 Å². The van der Waals surface area contributed by atoms with E-state index in [9.17, 15) is 4.79 Å². The zero-order valence-electron chi connectivity index (χ0n) is 16.2. The first-order valence-electron chi connectivity index (χ1n) is 9.07. The van der Waals surface area contributed by atoms with Gasteiger partial charge in [0.25, 0.3) is 5.91 Å². The molecule has 1 aliphatic heterocycles.